The molecule has 1 atom stereocenters. The van der Waals surface area contributed by atoms with Crippen LogP contribution in [0.5, 0.6) is 0 Å². The van der Waals surface area contributed by atoms with Gasteiger partial charge in [-0.25, -0.2) is 0 Å². The second-order valence-electron chi connectivity index (χ2n) is 18.8. The predicted molar refractivity (Wildman–Crippen MR) is 270 cm³/mol. The van der Waals surface area contributed by atoms with Crippen molar-refractivity contribution >= 4 is 17.9 Å². The highest BCUT2D eigenvalue weighted by molar-refractivity contribution is 5.71. The summed E-state index contributed by atoms with van der Waals surface area (Å²) >= 11 is 0. The lowest BCUT2D eigenvalue weighted by molar-refractivity contribution is -0.167. The van der Waals surface area contributed by atoms with Crippen LogP contribution in [0.4, 0.5) is 0 Å². The Morgan fingerprint density at radius 3 is 0.794 bits per heavy atom. The third kappa shape index (κ3) is 50.7. The molecule has 0 aliphatic heterocycles. The molecule has 0 aromatic rings. The first-order valence-electron chi connectivity index (χ1n) is 27.8. The average molecular weight is 887 g/mol. The van der Waals surface area contributed by atoms with E-state index in [1.165, 1.54) is 199 Å². The minimum atomic E-state index is -0.771. The van der Waals surface area contributed by atoms with Crippen LogP contribution in [-0.4, -0.2) is 37.2 Å². The summed E-state index contributed by atoms with van der Waals surface area (Å²) < 4.78 is 16.8. The Labute approximate surface area is 392 Å². The minimum Gasteiger partial charge on any atom is -0.462 e. The van der Waals surface area contributed by atoms with Gasteiger partial charge in [-0.15, -0.1) is 0 Å². The Morgan fingerprint density at radius 2 is 0.524 bits per heavy atom. The van der Waals surface area contributed by atoms with Crippen LogP contribution in [0.2, 0.25) is 0 Å². The molecule has 0 heterocycles. The molecule has 0 spiro atoms. The van der Waals surface area contributed by atoms with Crippen LogP contribution in [0.3, 0.4) is 0 Å². The molecule has 0 amide bonds. The average Bonchev–Trinajstić information content (AvgIpc) is 3.28. The summed E-state index contributed by atoms with van der Waals surface area (Å²) in [6.45, 7) is 6.63. The van der Waals surface area contributed by atoms with E-state index in [4.69, 9.17) is 14.2 Å². The molecule has 63 heavy (non-hydrogen) atoms. The van der Waals surface area contributed by atoms with Gasteiger partial charge in [-0.2, -0.15) is 0 Å². The molecule has 6 heteroatoms. The van der Waals surface area contributed by atoms with Crippen LogP contribution in [0, 0.1) is 0 Å². The number of hydrogen-bond acceptors (Lipinski definition) is 6. The van der Waals surface area contributed by atoms with Crippen molar-refractivity contribution in [3.05, 3.63) is 24.3 Å². The highest BCUT2D eigenvalue weighted by Crippen LogP contribution is 2.16. The molecular formula is C57H106O6. The second kappa shape index (κ2) is 52.5. The highest BCUT2D eigenvalue weighted by Gasteiger charge is 2.19. The van der Waals surface area contributed by atoms with E-state index in [0.717, 1.165) is 64.2 Å². The third-order valence-corrected chi connectivity index (χ3v) is 12.4. The van der Waals surface area contributed by atoms with Crippen LogP contribution >= 0.6 is 0 Å². The summed E-state index contributed by atoms with van der Waals surface area (Å²) in [4.78, 5) is 37.9. The van der Waals surface area contributed by atoms with Gasteiger partial charge in [0.15, 0.2) is 6.10 Å². The van der Waals surface area contributed by atoms with Crippen LogP contribution in [0.25, 0.3) is 0 Å². The molecule has 0 saturated carbocycles. The number of rotatable bonds is 51. The van der Waals surface area contributed by atoms with Crippen LogP contribution in [0.15, 0.2) is 24.3 Å². The maximum Gasteiger partial charge on any atom is 0.306 e. The zero-order valence-corrected chi connectivity index (χ0v) is 42.4. The van der Waals surface area contributed by atoms with E-state index >= 15 is 0 Å². The second-order valence-corrected chi connectivity index (χ2v) is 18.8. The lowest BCUT2D eigenvalue weighted by Crippen LogP contribution is -2.30. The van der Waals surface area contributed by atoms with Crippen molar-refractivity contribution in [3.8, 4) is 0 Å². The normalized spacial score (nSPS) is 12.1. The molecular weight excluding hydrogens is 781 g/mol. The van der Waals surface area contributed by atoms with Crippen molar-refractivity contribution < 1.29 is 28.6 Å². The fourth-order valence-electron chi connectivity index (χ4n) is 8.20. The molecule has 0 rings (SSSR count). The molecule has 1 unspecified atom stereocenters. The van der Waals surface area contributed by atoms with E-state index < -0.39 is 6.10 Å². The van der Waals surface area contributed by atoms with E-state index in [-0.39, 0.29) is 31.1 Å². The van der Waals surface area contributed by atoms with Crippen molar-refractivity contribution in [2.75, 3.05) is 13.2 Å². The van der Waals surface area contributed by atoms with Crippen LogP contribution in [-0.2, 0) is 28.6 Å². The lowest BCUT2D eigenvalue weighted by Gasteiger charge is -2.18. The van der Waals surface area contributed by atoms with Gasteiger partial charge in [0.05, 0.1) is 0 Å². The predicted octanol–water partition coefficient (Wildman–Crippen LogP) is 18.3. The maximum atomic E-state index is 12.8. The molecule has 370 valence electrons. The fourth-order valence-corrected chi connectivity index (χ4v) is 8.20. The number of esters is 3. The first kappa shape index (κ1) is 60.9. The Kier molecular flexibility index (Phi) is 50.8. The van der Waals surface area contributed by atoms with Crippen LogP contribution < -0.4 is 0 Å². The first-order valence-corrected chi connectivity index (χ1v) is 27.8. The van der Waals surface area contributed by atoms with Gasteiger partial charge in [-0.1, -0.05) is 238 Å². The Morgan fingerprint density at radius 1 is 0.302 bits per heavy atom. The summed E-state index contributed by atoms with van der Waals surface area (Å²) in [5.74, 6) is -0.872. The van der Waals surface area contributed by atoms with E-state index in [9.17, 15) is 14.4 Å². The lowest BCUT2D eigenvalue weighted by atomic mass is 10.1. The number of unbranched alkanes of at least 4 members (excludes halogenated alkanes) is 36. The largest absolute Gasteiger partial charge is 0.462 e. The summed E-state index contributed by atoms with van der Waals surface area (Å²) in [7, 11) is 0. The number of carbonyl (C=O) groups excluding carboxylic acids is 3. The van der Waals surface area contributed by atoms with E-state index in [0.29, 0.717) is 19.3 Å². The molecule has 0 aliphatic carbocycles. The van der Waals surface area contributed by atoms with Gasteiger partial charge in [0.1, 0.15) is 13.2 Å². The first-order chi connectivity index (χ1) is 31.0. The standard InChI is InChI=1S/C57H106O6/c1-4-7-10-13-16-19-21-23-25-27-28-29-30-31-33-34-36-38-41-44-47-50-56(59)62-53-54(52-61-55(58)49-46-43-40-18-15-12-9-6-3)63-57(60)51-48-45-42-39-37-35-32-26-24-22-20-17-14-11-8-5-2/h26-28,32,54H,4-25,29-31,33-53H2,1-3H3/b28-27-,32-26-. The number of hydrogen-bond donors (Lipinski definition) is 0. The topological polar surface area (TPSA) is 78.9 Å². The quantitative estimate of drug-likeness (QED) is 0.0262. The van der Waals surface area contributed by atoms with Crippen molar-refractivity contribution in [1.82, 2.24) is 0 Å². The monoisotopic (exact) mass is 887 g/mol. The number of carbonyl (C=O) groups is 3. The fraction of sp³-hybridized carbons (Fsp3) is 0.877. The summed E-state index contributed by atoms with van der Waals surface area (Å²) in [6.07, 6.45) is 60.4. The number of ether oxygens (including phenoxy) is 3. The van der Waals surface area contributed by atoms with Gasteiger partial charge in [0.25, 0.3) is 0 Å². The molecule has 0 aliphatic rings. The molecule has 0 fully saturated rings. The molecule has 0 aromatic carbocycles. The molecule has 6 nitrogen and oxygen atoms in total. The maximum absolute atomic E-state index is 12.8. The van der Waals surface area contributed by atoms with Gasteiger partial charge in [-0.3, -0.25) is 14.4 Å². The van der Waals surface area contributed by atoms with Crippen molar-refractivity contribution in [1.29, 1.82) is 0 Å². The summed E-state index contributed by atoms with van der Waals surface area (Å²) in [6, 6.07) is 0. The SMILES string of the molecule is CCCCCCCCC/C=C\CCCCCCCC(=O)OC(COC(=O)CCCCCCCCCC)COC(=O)CCCCCCCCCCC/C=C\CCCCCCCCCC. The molecule has 0 radical (unpaired) electrons. The zero-order valence-electron chi connectivity index (χ0n) is 42.4. The van der Waals surface area contributed by atoms with Gasteiger partial charge in [0, 0.05) is 19.3 Å². The number of allylic oxidation sites excluding steroid dienone is 4. The van der Waals surface area contributed by atoms with Crippen molar-refractivity contribution in [2.45, 2.75) is 309 Å². The Bertz CT molecular complexity index is 1020. The Hall–Kier alpha value is -2.11. The zero-order chi connectivity index (χ0) is 45.8. The van der Waals surface area contributed by atoms with E-state index in [2.05, 4.69) is 45.1 Å². The summed E-state index contributed by atoms with van der Waals surface area (Å²) in [5, 5.41) is 0. The van der Waals surface area contributed by atoms with Crippen molar-refractivity contribution in [2.24, 2.45) is 0 Å². The molecule has 0 bridgehead atoms. The Balaban J connectivity index is 4.21. The smallest absolute Gasteiger partial charge is 0.306 e. The highest BCUT2D eigenvalue weighted by atomic mass is 16.6. The molecule has 0 aromatic heterocycles. The van der Waals surface area contributed by atoms with E-state index in [1.54, 1.807) is 0 Å². The van der Waals surface area contributed by atoms with Crippen LogP contribution in [0.1, 0.15) is 303 Å². The van der Waals surface area contributed by atoms with E-state index in [1.807, 2.05) is 0 Å². The molecule has 0 N–H and O–H groups in total. The van der Waals surface area contributed by atoms with Gasteiger partial charge in [-0.05, 0) is 70.6 Å². The summed E-state index contributed by atoms with van der Waals surface area (Å²) in [5.41, 5.74) is 0. The minimum absolute atomic E-state index is 0.0720. The van der Waals surface area contributed by atoms with Gasteiger partial charge < -0.3 is 14.2 Å². The van der Waals surface area contributed by atoms with Crippen molar-refractivity contribution in [3.63, 3.8) is 0 Å². The third-order valence-electron chi connectivity index (χ3n) is 12.4. The van der Waals surface area contributed by atoms with Gasteiger partial charge >= 0.3 is 17.9 Å². The van der Waals surface area contributed by atoms with Gasteiger partial charge in [0.2, 0.25) is 0 Å². The molecule has 0 saturated heterocycles.